The molecular formula is C17H18F2N4OS. The number of aromatic nitrogens is 3. The van der Waals surface area contributed by atoms with Gasteiger partial charge in [0.1, 0.15) is 0 Å². The van der Waals surface area contributed by atoms with Crippen LogP contribution in [0.3, 0.4) is 0 Å². The number of halogens is 2. The lowest BCUT2D eigenvalue weighted by Crippen LogP contribution is -2.26. The molecule has 1 aliphatic heterocycles. The number of aryl methyl sites for hydroxylation is 1. The Morgan fingerprint density at radius 2 is 2.00 bits per heavy atom. The molecule has 3 aromatic rings. The van der Waals surface area contributed by atoms with Crippen molar-refractivity contribution in [2.75, 3.05) is 13.1 Å². The van der Waals surface area contributed by atoms with Gasteiger partial charge in [0.25, 0.3) is 0 Å². The maximum Gasteiger partial charge on any atom is 0.230 e. The van der Waals surface area contributed by atoms with Gasteiger partial charge in [0.15, 0.2) is 17.5 Å². The van der Waals surface area contributed by atoms with Crippen molar-refractivity contribution < 1.29 is 13.9 Å². The quantitative estimate of drug-likeness (QED) is 0.770. The molecule has 3 heterocycles. The Morgan fingerprint density at radius 3 is 2.64 bits per heavy atom. The van der Waals surface area contributed by atoms with Gasteiger partial charge in [0.2, 0.25) is 10.8 Å². The van der Waals surface area contributed by atoms with Gasteiger partial charge in [-0.15, -0.1) is 5.10 Å². The molecule has 4 rings (SSSR count). The first kappa shape index (κ1) is 16.4. The normalized spacial score (nSPS) is 16.8. The van der Waals surface area contributed by atoms with Crippen LogP contribution in [0.1, 0.15) is 42.1 Å². The molecule has 0 bridgehead atoms. The molecule has 0 radical (unpaired) electrons. The van der Waals surface area contributed by atoms with E-state index in [1.807, 2.05) is 6.92 Å². The average molecular weight is 364 g/mol. The molecule has 8 heteroatoms. The van der Waals surface area contributed by atoms with Gasteiger partial charge in [-0.05, 0) is 43.6 Å². The molecule has 1 saturated heterocycles. The standard InChI is InChI=1S/C17H18F2N4OS/c1-2-13-20-17-23(21-13)16(24)15(25-17)14(22-7-3-4-8-22)10-5-6-11(18)12(19)9-10/h5-6,9,14,24H,2-4,7-8H2,1H3/t14-/m1/s1. The Morgan fingerprint density at radius 1 is 1.24 bits per heavy atom. The summed E-state index contributed by atoms with van der Waals surface area (Å²) in [5.74, 6) is -1.07. The lowest BCUT2D eigenvalue weighted by molar-refractivity contribution is 0.276. The van der Waals surface area contributed by atoms with Crippen LogP contribution in [0, 0.1) is 11.6 Å². The molecule has 5 nitrogen and oxygen atoms in total. The van der Waals surface area contributed by atoms with E-state index in [9.17, 15) is 13.9 Å². The summed E-state index contributed by atoms with van der Waals surface area (Å²) < 4.78 is 28.6. The molecular weight excluding hydrogens is 346 g/mol. The second kappa shape index (κ2) is 6.34. The molecule has 0 spiro atoms. The van der Waals surface area contributed by atoms with Gasteiger partial charge >= 0.3 is 0 Å². The van der Waals surface area contributed by atoms with E-state index in [2.05, 4.69) is 15.0 Å². The molecule has 0 aliphatic carbocycles. The molecule has 25 heavy (non-hydrogen) atoms. The number of aromatic hydroxyl groups is 1. The second-order valence-corrected chi connectivity index (χ2v) is 7.19. The molecule has 1 aliphatic rings. The molecule has 132 valence electrons. The Bertz CT molecular complexity index is 917. The van der Waals surface area contributed by atoms with Crippen LogP contribution in [0.25, 0.3) is 4.96 Å². The van der Waals surface area contributed by atoms with Crippen molar-refractivity contribution in [1.82, 2.24) is 19.5 Å². The summed E-state index contributed by atoms with van der Waals surface area (Å²) in [6, 6.07) is 3.59. The van der Waals surface area contributed by atoms with E-state index in [-0.39, 0.29) is 11.9 Å². The van der Waals surface area contributed by atoms with Crippen LogP contribution >= 0.6 is 11.3 Å². The second-order valence-electron chi connectivity index (χ2n) is 6.19. The predicted octanol–water partition coefficient (Wildman–Crippen LogP) is 3.52. The molecule has 1 N–H and O–H groups in total. The molecule has 2 aromatic heterocycles. The number of hydrogen-bond donors (Lipinski definition) is 1. The minimum atomic E-state index is -0.881. The highest BCUT2D eigenvalue weighted by Crippen LogP contribution is 2.41. The van der Waals surface area contributed by atoms with Crippen LogP contribution in [-0.2, 0) is 6.42 Å². The van der Waals surface area contributed by atoms with Crippen LogP contribution in [-0.4, -0.2) is 37.7 Å². The number of benzene rings is 1. The number of likely N-dealkylation sites (tertiary alicyclic amines) is 1. The Hall–Kier alpha value is -2.06. The Balaban J connectivity index is 1.84. The van der Waals surface area contributed by atoms with Gasteiger partial charge in [0, 0.05) is 6.42 Å². The van der Waals surface area contributed by atoms with Gasteiger partial charge in [-0.2, -0.15) is 4.52 Å². The molecule has 1 atom stereocenters. The van der Waals surface area contributed by atoms with Crippen molar-refractivity contribution in [2.45, 2.75) is 32.2 Å². The summed E-state index contributed by atoms with van der Waals surface area (Å²) in [5, 5.41) is 15.0. The highest BCUT2D eigenvalue weighted by Gasteiger charge is 2.31. The largest absolute Gasteiger partial charge is 0.492 e. The smallest absolute Gasteiger partial charge is 0.230 e. The van der Waals surface area contributed by atoms with Crippen LogP contribution < -0.4 is 0 Å². The monoisotopic (exact) mass is 364 g/mol. The number of nitrogens with zero attached hydrogens (tertiary/aromatic N) is 4. The molecule has 0 saturated carbocycles. The maximum atomic E-state index is 13.8. The van der Waals surface area contributed by atoms with Crippen molar-refractivity contribution in [3.8, 4) is 5.88 Å². The van der Waals surface area contributed by atoms with Crippen molar-refractivity contribution in [2.24, 2.45) is 0 Å². The first-order chi connectivity index (χ1) is 12.1. The van der Waals surface area contributed by atoms with Gasteiger partial charge < -0.3 is 5.11 Å². The zero-order valence-electron chi connectivity index (χ0n) is 13.7. The van der Waals surface area contributed by atoms with E-state index in [0.717, 1.165) is 32.0 Å². The maximum absolute atomic E-state index is 13.8. The van der Waals surface area contributed by atoms with E-state index in [4.69, 9.17) is 0 Å². The van der Waals surface area contributed by atoms with Crippen LogP contribution in [0.2, 0.25) is 0 Å². The van der Waals surface area contributed by atoms with Gasteiger partial charge in [-0.25, -0.2) is 13.8 Å². The number of thiazole rings is 1. The topological polar surface area (TPSA) is 53.7 Å². The van der Waals surface area contributed by atoms with Crippen molar-refractivity contribution in [3.05, 3.63) is 46.1 Å². The lowest BCUT2D eigenvalue weighted by Gasteiger charge is -2.27. The van der Waals surface area contributed by atoms with E-state index >= 15 is 0 Å². The number of hydrogen-bond acceptors (Lipinski definition) is 5. The Labute approximate surface area is 147 Å². The van der Waals surface area contributed by atoms with E-state index < -0.39 is 11.6 Å². The van der Waals surface area contributed by atoms with Gasteiger partial charge in [-0.3, -0.25) is 4.90 Å². The number of fused-ring (bicyclic) bond motifs is 1. The highest BCUT2D eigenvalue weighted by atomic mass is 32.1. The summed E-state index contributed by atoms with van der Waals surface area (Å²) in [5.41, 5.74) is 0.622. The fourth-order valence-electron chi connectivity index (χ4n) is 3.33. The van der Waals surface area contributed by atoms with Crippen molar-refractivity contribution >= 4 is 16.3 Å². The highest BCUT2D eigenvalue weighted by molar-refractivity contribution is 7.17. The summed E-state index contributed by atoms with van der Waals surface area (Å²) in [7, 11) is 0. The summed E-state index contributed by atoms with van der Waals surface area (Å²) >= 11 is 1.34. The minimum Gasteiger partial charge on any atom is -0.492 e. The first-order valence-electron chi connectivity index (χ1n) is 8.34. The zero-order chi connectivity index (χ0) is 17.6. The van der Waals surface area contributed by atoms with Gasteiger partial charge in [0.05, 0.1) is 10.9 Å². The Kier molecular flexibility index (Phi) is 4.16. The fraction of sp³-hybridized carbons (Fsp3) is 0.412. The molecule has 1 aromatic carbocycles. The fourth-order valence-corrected chi connectivity index (χ4v) is 4.46. The lowest BCUT2D eigenvalue weighted by atomic mass is 10.0. The third-order valence-corrected chi connectivity index (χ3v) is 5.65. The van der Waals surface area contributed by atoms with Gasteiger partial charge in [-0.1, -0.05) is 24.3 Å². The summed E-state index contributed by atoms with van der Waals surface area (Å²) in [4.78, 5) is 7.85. The van der Waals surface area contributed by atoms with E-state index in [0.29, 0.717) is 27.6 Å². The number of rotatable bonds is 4. The molecule has 0 unspecified atom stereocenters. The zero-order valence-corrected chi connectivity index (χ0v) is 14.6. The predicted molar refractivity (Wildman–Crippen MR) is 90.9 cm³/mol. The SMILES string of the molecule is CCc1nc2sc([C@@H](c3ccc(F)c(F)c3)N3CCCC3)c(O)n2n1. The molecule has 0 amide bonds. The summed E-state index contributed by atoms with van der Waals surface area (Å²) in [6.45, 7) is 3.64. The van der Waals surface area contributed by atoms with E-state index in [1.165, 1.54) is 21.9 Å². The average Bonchev–Trinajstić information content (AvgIpc) is 3.31. The van der Waals surface area contributed by atoms with Crippen molar-refractivity contribution in [3.63, 3.8) is 0 Å². The molecule has 1 fully saturated rings. The van der Waals surface area contributed by atoms with E-state index in [1.54, 1.807) is 6.07 Å². The third-order valence-electron chi connectivity index (χ3n) is 4.57. The van der Waals surface area contributed by atoms with Crippen LogP contribution in [0.15, 0.2) is 18.2 Å². The van der Waals surface area contributed by atoms with Crippen LogP contribution in [0.5, 0.6) is 5.88 Å². The minimum absolute atomic E-state index is 0.0221. The third kappa shape index (κ3) is 2.79. The van der Waals surface area contributed by atoms with Crippen LogP contribution in [0.4, 0.5) is 8.78 Å². The summed E-state index contributed by atoms with van der Waals surface area (Å²) in [6.07, 6.45) is 2.77. The van der Waals surface area contributed by atoms with Crippen molar-refractivity contribution in [1.29, 1.82) is 0 Å². The first-order valence-corrected chi connectivity index (χ1v) is 9.16.